The van der Waals surface area contributed by atoms with Crippen molar-refractivity contribution in [2.75, 3.05) is 26.2 Å². The second kappa shape index (κ2) is 5.85. The highest BCUT2D eigenvalue weighted by molar-refractivity contribution is 4.81. The Morgan fingerprint density at radius 1 is 1.33 bits per heavy atom. The lowest BCUT2D eigenvalue weighted by Crippen LogP contribution is -2.39. The predicted molar refractivity (Wildman–Crippen MR) is 74.5 cm³/mol. The van der Waals surface area contributed by atoms with Crippen LogP contribution in [0.3, 0.4) is 0 Å². The molecule has 18 heavy (non-hydrogen) atoms. The molecule has 2 heterocycles. The van der Waals surface area contributed by atoms with Gasteiger partial charge in [-0.25, -0.2) is 4.98 Å². The van der Waals surface area contributed by atoms with Crippen LogP contribution in [0.25, 0.3) is 0 Å². The summed E-state index contributed by atoms with van der Waals surface area (Å²) in [4.78, 5) is 6.64. The zero-order valence-corrected chi connectivity index (χ0v) is 11.9. The molecule has 1 aromatic heterocycles. The summed E-state index contributed by atoms with van der Waals surface area (Å²) in [6, 6.07) is 0. The van der Waals surface area contributed by atoms with E-state index in [0.717, 1.165) is 25.6 Å². The summed E-state index contributed by atoms with van der Waals surface area (Å²) in [5.41, 5.74) is 0.240. The van der Waals surface area contributed by atoms with E-state index in [9.17, 15) is 0 Å². The molecule has 0 aliphatic carbocycles. The maximum absolute atomic E-state index is 4.07. The first-order valence-electron chi connectivity index (χ1n) is 6.96. The summed E-state index contributed by atoms with van der Waals surface area (Å²) >= 11 is 0. The molecule has 0 amide bonds. The van der Waals surface area contributed by atoms with Gasteiger partial charge in [0.05, 0.1) is 6.33 Å². The highest BCUT2D eigenvalue weighted by Gasteiger charge is 2.23. The van der Waals surface area contributed by atoms with Gasteiger partial charge in [-0.3, -0.25) is 0 Å². The Morgan fingerprint density at radius 3 is 2.83 bits per heavy atom. The van der Waals surface area contributed by atoms with Gasteiger partial charge in [-0.15, -0.1) is 0 Å². The minimum atomic E-state index is 0.240. The summed E-state index contributed by atoms with van der Waals surface area (Å²) in [5.74, 6) is 0.812. The molecule has 1 unspecified atom stereocenters. The molecule has 0 radical (unpaired) electrons. The molecule has 1 saturated heterocycles. The molecule has 102 valence electrons. The van der Waals surface area contributed by atoms with Crippen molar-refractivity contribution in [3.63, 3.8) is 0 Å². The van der Waals surface area contributed by atoms with Crippen molar-refractivity contribution in [1.29, 1.82) is 0 Å². The normalized spacial score (nSPS) is 21.6. The lowest BCUT2D eigenvalue weighted by molar-refractivity contribution is 0.300. The summed E-state index contributed by atoms with van der Waals surface area (Å²) in [6.45, 7) is 12.5. The summed E-state index contributed by atoms with van der Waals surface area (Å²) < 4.78 is 2.15. The Labute approximate surface area is 110 Å². The third kappa shape index (κ3) is 4.42. The lowest BCUT2D eigenvalue weighted by Gasteiger charge is -2.23. The minimum Gasteiger partial charge on any atom is -0.336 e. The third-order valence-corrected chi connectivity index (χ3v) is 3.52. The molecule has 2 rings (SSSR count). The molecular weight excluding hydrogens is 224 g/mol. The molecule has 1 fully saturated rings. The van der Waals surface area contributed by atoms with Crippen LogP contribution in [-0.4, -0.2) is 46.2 Å². The van der Waals surface area contributed by atoms with Crippen LogP contribution in [-0.2, 0) is 6.54 Å². The second-order valence-electron chi connectivity index (χ2n) is 6.39. The Balaban J connectivity index is 1.65. The zero-order chi connectivity index (χ0) is 13.0. The van der Waals surface area contributed by atoms with Gasteiger partial charge in [-0.2, -0.15) is 0 Å². The van der Waals surface area contributed by atoms with Gasteiger partial charge in [-0.05, 0) is 46.2 Å². The first kappa shape index (κ1) is 13.6. The Morgan fingerprint density at radius 2 is 2.17 bits per heavy atom. The van der Waals surface area contributed by atoms with Gasteiger partial charge in [0.1, 0.15) is 0 Å². The quantitative estimate of drug-likeness (QED) is 0.861. The van der Waals surface area contributed by atoms with E-state index >= 15 is 0 Å². The topological polar surface area (TPSA) is 33.1 Å². The van der Waals surface area contributed by atoms with Crippen molar-refractivity contribution in [1.82, 2.24) is 19.8 Å². The van der Waals surface area contributed by atoms with Crippen molar-refractivity contribution in [2.24, 2.45) is 5.92 Å². The fourth-order valence-corrected chi connectivity index (χ4v) is 2.41. The van der Waals surface area contributed by atoms with Crippen LogP contribution in [0.5, 0.6) is 0 Å². The van der Waals surface area contributed by atoms with Gasteiger partial charge >= 0.3 is 0 Å². The largest absolute Gasteiger partial charge is 0.336 e. The van der Waals surface area contributed by atoms with E-state index in [-0.39, 0.29) is 5.54 Å². The molecule has 1 atom stereocenters. The molecule has 1 aromatic rings. The summed E-state index contributed by atoms with van der Waals surface area (Å²) in [5, 5.41) is 3.61. The maximum Gasteiger partial charge on any atom is 0.0946 e. The van der Waals surface area contributed by atoms with Crippen molar-refractivity contribution in [2.45, 2.75) is 39.3 Å². The van der Waals surface area contributed by atoms with Gasteiger partial charge in [0.25, 0.3) is 0 Å². The summed E-state index contributed by atoms with van der Waals surface area (Å²) in [6.07, 6.45) is 7.11. The van der Waals surface area contributed by atoms with Crippen molar-refractivity contribution in [3.05, 3.63) is 18.7 Å². The Kier molecular flexibility index (Phi) is 4.40. The van der Waals surface area contributed by atoms with Gasteiger partial charge in [0.2, 0.25) is 0 Å². The lowest BCUT2D eigenvalue weighted by atomic mass is 10.1. The highest BCUT2D eigenvalue weighted by atomic mass is 15.2. The predicted octanol–water partition coefficient (Wildman–Crippen LogP) is 1.59. The van der Waals surface area contributed by atoms with Gasteiger partial charge in [-0.1, -0.05) is 0 Å². The molecule has 4 nitrogen and oxygen atoms in total. The molecule has 0 spiro atoms. The van der Waals surface area contributed by atoms with E-state index in [1.807, 2.05) is 18.7 Å². The smallest absolute Gasteiger partial charge is 0.0946 e. The third-order valence-electron chi connectivity index (χ3n) is 3.52. The first-order valence-corrected chi connectivity index (χ1v) is 6.96. The van der Waals surface area contributed by atoms with Crippen LogP contribution >= 0.6 is 0 Å². The van der Waals surface area contributed by atoms with Crippen molar-refractivity contribution < 1.29 is 0 Å². The summed E-state index contributed by atoms with van der Waals surface area (Å²) in [7, 11) is 0. The zero-order valence-electron chi connectivity index (χ0n) is 11.9. The monoisotopic (exact) mass is 250 g/mol. The average molecular weight is 250 g/mol. The number of likely N-dealkylation sites (tertiary alicyclic amines) is 1. The van der Waals surface area contributed by atoms with E-state index in [4.69, 9.17) is 0 Å². The molecule has 1 aliphatic rings. The molecule has 4 heteroatoms. The Bertz CT molecular complexity index is 339. The fourth-order valence-electron chi connectivity index (χ4n) is 2.41. The van der Waals surface area contributed by atoms with Crippen LogP contribution in [0.4, 0.5) is 0 Å². The highest BCUT2D eigenvalue weighted by Crippen LogP contribution is 2.16. The molecule has 1 aliphatic heterocycles. The molecule has 0 saturated carbocycles. The molecule has 0 aromatic carbocycles. The molecule has 1 N–H and O–H groups in total. The van der Waals surface area contributed by atoms with Gasteiger partial charge in [0, 0.05) is 37.6 Å². The van der Waals surface area contributed by atoms with Crippen molar-refractivity contribution in [3.8, 4) is 0 Å². The molecular formula is C14H26N4. The van der Waals surface area contributed by atoms with E-state index in [0.29, 0.717) is 0 Å². The number of hydrogen-bond donors (Lipinski definition) is 1. The van der Waals surface area contributed by atoms with Crippen molar-refractivity contribution >= 4 is 0 Å². The van der Waals surface area contributed by atoms with Crippen LogP contribution in [0, 0.1) is 5.92 Å². The van der Waals surface area contributed by atoms with Crippen LogP contribution in [0.15, 0.2) is 18.7 Å². The number of nitrogens with one attached hydrogen (secondary N) is 1. The first-order chi connectivity index (χ1) is 8.53. The molecule has 0 bridgehead atoms. The van der Waals surface area contributed by atoms with E-state index in [1.165, 1.54) is 19.5 Å². The van der Waals surface area contributed by atoms with Gasteiger partial charge in [0.15, 0.2) is 0 Å². The van der Waals surface area contributed by atoms with E-state index in [2.05, 4.69) is 40.5 Å². The number of imidazole rings is 1. The fraction of sp³-hybridized carbons (Fsp3) is 0.786. The second-order valence-corrected chi connectivity index (χ2v) is 6.39. The number of aromatic nitrogens is 2. The average Bonchev–Trinajstić information content (AvgIpc) is 2.94. The number of hydrogen-bond acceptors (Lipinski definition) is 3. The maximum atomic E-state index is 4.07. The minimum absolute atomic E-state index is 0.240. The standard InChI is InChI=1S/C14H26N4/c1-14(2,3)16-10-13-4-6-17(11-13)8-9-18-7-5-15-12-18/h5,7,12-13,16H,4,6,8-11H2,1-3H3. The Hall–Kier alpha value is -0.870. The van der Waals surface area contributed by atoms with E-state index < -0.39 is 0 Å². The number of rotatable bonds is 5. The van der Waals surface area contributed by atoms with Crippen LogP contribution in [0.2, 0.25) is 0 Å². The van der Waals surface area contributed by atoms with Gasteiger partial charge < -0.3 is 14.8 Å². The van der Waals surface area contributed by atoms with E-state index in [1.54, 1.807) is 0 Å². The SMILES string of the molecule is CC(C)(C)NCC1CCN(CCn2ccnc2)C1. The van der Waals surface area contributed by atoms with Crippen LogP contribution < -0.4 is 5.32 Å². The van der Waals surface area contributed by atoms with Crippen LogP contribution in [0.1, 0.15) is 27.2 Å². The number of nitrogens with zero attached hydrogens (tertiary/aromatic N) is 3.